The number of rotatable bonds is 6. The molecule has 0 aliphatic rings. The SMILES string of the molecule is Cc1ccnn1[C@H](c1cc(F)ccc1Cl)[C@H](C)c1nc(C(=O)Nc2cnoc2)c(O)c(=O)n1C. The van der Waals surface area contributed by atoms with Gasteiger partial charge in [-0.25, -0.2) is 9.37 Å². The molecule has 12 heteroatoms. The molecule has 0 fully saturated rings. The Kier molecular flexibility index (Phi) is 6.20. The highest BCUT2D eigenvalue weighted by Gasteiger charge is 2.32. The summed E-state index contributed by atoms with van der Waals surface area (Å²) in [5.74, 6) is -2.63. The van der Waals surface area contributed by atoms with E-state index in [1.54, 1.807) is 23.9 Å². The van der Waals surface area contributed by atoms with Crippen LogP contribution >= 0.6 is 11.6 Å². The van der Waals surface area contributed by atoms with Gasteiger partial charge in [0.2, 0.25) is 5.75 Å². The van der Waals surface area contributed by atoms with E-state index < -0.39 is 40.7 Å². The Balaban J connectivity index is 1.86. The van der Waals surface area contributed by atoms with Crippen molar-refractivity contribution in [2.24, 2.45) is 7.05 Å². The molecular weight excluding hydrogens is 467 g/mol. The van der Waals surface area contributed by atoms with Gasteiger partial charge in [-0.1, -0.05) is 23.7 Å². The monoisotopic (exact) mass is 486 g/mol. The number of carbonyl (C=O) groups excluding carboxylic acids is 1. The van der Waals surface area contributed by atoms with Crippen LogP contribution in [0.1, 0.15) is 46.5 Å². The van der Waals surface area contributed by atoms with E-state index in [2.05, 4.69) is 25.1 Å². The van der Waals surface area contributed by atoms with E-state index in [0.29, 0.717) is 10.6 Å². The van der Waals surface area contributed by atoms with Crippen molar-refractivity contribution in [3.63, 3.8) is 0 Å². The maximum absolute atomic E-state index is 14.2. The van der Waals surface area contributed by atoms with E-state index in [0.717, 1.165) is 10.3 Å². The van der Waals surface area contributed by atoms with E-state index >= 15 is 0 Å². The fraction of sp³-hybridized carbons (Fsp3) is 0.227. The Labute approximate surface area is 197 Å². The number of halogens is 2. The second-order valence-corrected chi connectivity index (χ2v) is 8.12. The van der Waals surface area contributed by atoms with Crippen LogP contribution in [0.5, 0.6) is 5.75 Å². The number of hydrogen-bond acceptors (Lipinski definition) is 7. The van der Waals surface area contributed by atoms with Gasteiger partial charge in [-0.05, 0) is 36.8 Å². The molecule has 1 aromatic carbocycles. The summed E-state index contributed by atoms with van der Waals surface area (Å²) < 4.78 is 21.7. The Morgan fingerprint density at radius 1 is 1.32 bits per heavy atom. The molecule has 176 valence electrons. The molecule has 4 aromatic rings. The molecule has 0 saturated heterocycles. The third-order valence-electron chi connectivity index (χ3n) is 5.50. The molecule has 0 aliphatic heterocycles. The molecule has 2 atom stereocenters. The van der Waals surface area contributed by atoms with Crippen LogP contribution < -0.4 is 10.9 Å². The molecule has 0 aliphatic carbocycles. The smallest absolute Gasteiger partial charge is 0.296 e. The van der Waals surface area contributed by atoms with Crippen LogP contribution in [-0.2, 0) is 7.05 Å². The molecule has 3 aromatic heterocycles. The summed E-state index contributed by atoms with van der Waals surface area (Å²) in [5.41, 5.74) is 0.0872. The molecule has 10 nitrogen and oxygen atoms in total. The van der Waals surface area contributed by atoms with E-state index in [1.165, 1.54) is 37.7 Å². The molecule has 1 amide bonds. The van der Waals surface area contributed by atoms with Gasteiger partial charge in [-0.15, -0.1) is 0 Å². The first kappa shape index (κ1) is 23.2. The molecular formula is C22H20ClFN6O4. The standard InChI is InChI=1S/C22H20ClFN6O4/c1-11-6-7-25-30(11)18(15-8-13(24)4-5-16(15)23)12(2)20-28-17(19(31)22(33)29(20)3)21(32)27-14-9-26-34-10-14/h4-10,12,18,31H,1-3H3,(H,27,32)/t12-,18-/m0/s1. The predicted octanol–water partition coefficient (Wildman–Crippen LogP) is 3.42. The minimum atomic E-state index is -0.831. The summed E-state index contributed by atoms with van der Waals surface area (Å²) in [6.45, 7) is 3.56. The Morgan fingerprint density at radius 3 is 2.74 bits per heavy atom. The quantitative estimate of drug-likeness (QED) is 0.427. The Morgan fingerprint density at radius 2 is 2.09 bits per heavy atom. The van der Waals surface area contributed by atoms with Gasteiger partial charge in [0.15, 0.2) is 5.69 Å². The second-order valence-electron chi connectivity index (χ2n) is 7.72. The lowest BCUT2D eigenvalue weighted by molar-refractivity contribution is 0.101. The Hall–Kier alpha value is -3.99. The van der Waals surface area contributed by atoms with Crippen LogP contribution in [0, 0.1) is 12.7 Å². The number of nitrogens with one attached hydrogen (secondary N) is 1. The number of anilines is 1. The van der Waals surface area contributed by atoms with Gasteiger partial charge in [0.25, 0.3) is 11.5 Å². The second kappa shape index (κ2) is 9.10. The number of aromatic hydroxyl groups is 1. The highest BCUT2D eigenvalue weighted by Crippen LogP contribution is 2.37. The number of carbonyl (C=O) groups is 1. The van der Waals surface area contributed by atoms with Crippen LogP contribution in [-0.4, -0.2) is 35.5 Å². The van der Waals surface area contributed by atoms with Crippen molar-refractivity contribution in [3.05, 3.63) is 86.9 Å². The first-order valence-corrected chi connectivity index (χ1v) is 10.5. The highest BCUT2D eigenvalue weighted by molar-refractivity contribution is 6.31. The van der Waals surface area contributed by atoms with Crippen LogP contribution in [0.2, 0.25) is 5.02 Å². The van der Waals surface area contributed by atoms with Crippen molar-refractivity contribution >= 4 is 23.2 Å². The minimum absolute atomic E-state index is 0.151. The van der Waals surface area contributed by atoms with Crippen molar-refractivity contribution < 1.29 is 18.8 Å². The van der Waals surface area contributed by atoms with Gasteiger partial charge in [-0.3, -0.25) is 18.8 Å². The lowest BCUT2D eigenvalue weighted by Gasteiger charge is -2.28. The van der Waals surface area contributed by atoms with E-state index in [-0.39, 0.29) is 11.5 Å². The molecule has 0 saturated carbocycles. The summed E-state index contributed by atoms with van der Waals surface area (Å²) in [5, 5.41) is 21.0. The number of amides is 1. The predicted molar refractivity (Wildman–Crippen MR) is 121 cm³/mol. The van der Waals surface area contributed by atoms with Gasteiger partial charge in [0, 0.05) is 29.9 Å². The maximum Gasteiger partial charge on any atom is 0.296 e. The summed E-state index contributed by atoms with van der Waals surface area (Å²) in [4.78, 5) is 29.9. The summed E-state index contributed by atoms with van der Waals surface area (Å²) in [6, 6.07) is 5.06. The Bertz CT molecular complexity index is 1420. The van der Waals surface area contributed by atoms with Crippen LogP contribution in [0.4, 0.5) is 10.1 Å². The van der Waals surface area contributed by atoms with Crippen molar-refractivity contribution in [2.45, 2.75) is 25.8 Å². The molecule has 3 heterocycles. The van der Waals surface area contributed by atoms with Crippen molar-refractivity contribution in [1.82, 2.24) is 24.5 Å². The van der Waals surface area contributed by atoms with Crippen molar-refractivity contribution in [2.75, 3.05) is 5.32 Å². The van der Waals surface area contributed by atoms with Crippen molar-refractivity contribution in [1.29, 1.82) is 0 Å². The third-order valence-corrected chi connectivity index (χ3v) is 5.84. The zero-order chi connectivity index (χ0) is 24.6. The fourth-order valence-corrected chi connectivity index (χ4v) is 4.03. The topological polar surface area (TPSA) is 128 Å². The van der Waals surface area contributed by atoms with Gasteiger partial charge < -0.3 is 14.9 Å². The van der Waals surface area contributed by atoms with Crippen LogP contribution in [0.15, 0.2) is 52.2 Å². The van der Waals surface area contributed by atoms with Gasteiger partial charge in [0.1, 0.15) is 23.6 Å². The molecule has 2 N–H and O–H groups in total. The fourth-order valence-electron chi connectivity index (χ4n) is 3.80. The van der Waals surface area contributed by atoms with Crippen LogP contribution in [0.3, 0.4) is 0 Å². The average Bonchev–Trinajstić information content (AvgIpc) is 3.46. The first-order valence-electron chi connectivity index (χ1n) is 10.1. The van der Waals surface area contributed by atoms with Crippen molar-refractivity contribution in [3.8, 4) is 5.75 Å². The van der Waals surface area contributed by atoms with E-state index in [9.17, 15) is 19.1 Å². The molecule has 4 rings (SSSR count). The lowest BCUT2D eigenvalue weighted by Crippen LogP contribution is -2.31. The molecule has 34 heavy (non-hydrogen) atoms. The van der Waals surface area contributed by atoms with Crippen LogP contribution in [0.25, 0.3) is 0 Å². The largest absolute Gasteiger partial charge is 0.501 e. The minimum Gasteiger partial charge on any atom is -0.501 e. The molecule has 0 radical (unpaired) electrons. The van der Waals surface area contributed by atoms with E-state index in [1.807, 2.05) is 6.92 Å². The first-order chi connectivity index (χ1) is 16.2. The van der Waals surface area contributed by atoms with E-state index in [4.69, 9.17) is 11.6 Å². The summed E-state index contributed by atoms with van der Waals surface area (Å²) in [7, 11) is 1.42. The molecule has 0 spiro atoms. The summed E-state index contributed by atoms with van der Waals surface area (Å²) >= 11 is 6.43. The molecule has 0 bridgehead atoms. The van der Waals surface area contributed by atoms with Gasteiger partial charge in [0.05, 0.1) is 12.2 Å². The zero-order valence-corrected chi connectivity index (χ0v) is 19.1. The zero-order valence-electron chi connectivity index (χ0n) is 18.4. The lowest BCUT2D eigenvalue weighted by atomic mass is 9.93. The number of hydrogen-bond donors (Lipinski definition) is 2. The number of aryl methyl sites for hydroxylation is 1. The number of benzene rings is 1. The molecule has 0 unspecified atom stereocenters. The van der Waals surface area contributed by atoms with Gasteiger partial charge >= 0.3 is 0 Å². The maximum atomic E-state index is 14.2. The van der Waals surface area contributed by atoms with Gasteiger partial charge in [-0.2, -0.15) is 5.10 Å². The summed E-state index contributed by atoms with van der Waals surface area (Å²) in [6.07, 6.45) is 4.02. The number of aromatic nitrogens is 5. The number of nitrogens with zero attached hydrogens (tertiary/aromatic N) is 5. The third kappa shape index (κ3) is 4.17. The highest BCUT2D eigenvalue weighted by atomic mass is 35.5. The normalized spacial score (nSPS) is 13.0. The average molecular weight is 487 g/mol.